The van der Waals surface area contributed by atoms with Gasteiger partial charge in [-0.2, -0.15) is 0 Å². The van der Waals surface area contributed by atoms with Crippen LogP contribution in [-0.2, 0) is 11.3 Å². The lowest BCUT2D eigenvalue weighted by Gasteiger charge is -2.18. The van der Waals surface area contributed by atoms with Crippen molar-refractivity contribution < 1.29 is 19.3 Å². The van der Waals surface area contributed by atoms with Crippen molar-refractivity contribution in [3.63, 3.8) is 0 Å². The highest BCUT2D eigenvalue weighted by Gasteiger charge is 2.20. The van der Waals surface area contributed by atoms with Gasteiger partial charge in [0.05, 0.1) is 13.7 Å². The first kappa shape index (κ1) is 16.8. The van der Waals surface area contributed by atoms with E-state index in [2.05, 4.69) is 0 Å². The van der Waals surface area contributed by atoms with Gasteiger partial charge in [-0.25, -0.2) is 0 Å². The fourth-order valence-electron chi connectivity index (χ4n) is 2.11. The van der Waals surface area contributed by atoms with E-state index >= 15 is 0 Å². The van der Waals surface area contributed by atoms with E-state index in [0.29, 0.717) is 30.3 Å². The molecule has 0 aliphatic carbocycles. The predicted octanol–water partition coefficient (Wildman–Crippen LogP) is 3.32. The topological polar surface area (TPSA) is 71.8 Å². The van der Waals surface area contributed by atoms with Crippen molar-refractivity contribution in [3.05, 3.63) is 59.7 Å². The molecule has 2 aromatic rings. The molecule has 0 fully saturated rings. The standard InChI is InChI=1S/C18H21NO4/c1-3-22-18(19)17(20)15-11-14(21-2)9-10-16(15)23-12-13-7-5-4-6-8-13/h4-11,17,19-20H,3,12H2,1-2H3. The van der Waals surface area contributed by atoms with Crippen LogP contribution in [0.4, 0.5) is 0 Å². The van der Waals surface area contributed by atoms with Crippen LogP contribution in [0.2, 0.25) is 0 Å². The lowest BCUT2D eigenvalue weighted by molar-refractivity contribution is 0.184. The molecule has 5 nitrogen and oxygen atoms in total. The Hall–Kier alpha value is -2.53. The van der Waals surface area contributed by atoms with Crippen molar-refractivity contribution in [2.75, 3.05) is 13.7 Å². The van der Waals surface area contributed by atoms with Crippen LogP contribution in [0.25, 0.3) is 0 Å². The minimum Gasteiger partial charge on any atom is -0.497 e. The smallest absolute Gasteiger partial charge is 0.215 e. The molecule has 0 spiro atoms. The lowest BCUT2D eigenvalue weighted by Crippen LogP contribution is -2.16. The summed E-state index contributed by atoms with van der Waals surface area (Å²) in [5.74, 6) is 0.854. The van der Waals surface area contributed by atoms with E-state index in [1.54, 1.807) is 32.2 Å². The fraction of sp³-hybridized carbons (Fsp3) is 0.278. The number of benzene rings is 2. The first-order chi connectivity index (χ1) is 11.2. The number of aliphatic hydroxyl groups is 1. The van der Waals surface area contributed by atoms with Crippen molar-refractivity contribution in [1.82, 2.24) is 0 Å². The number of aliphatic hydroxyl groups excluding tert-OH is 1. The Morgan fingerprint density at radius 3 is 2.57 bits per heavy atom. The van der Waals surface area contributed by atoms with E-state index in [4.69, 9.17) is 19.6 Å². The Labute approximate surface area is 135 Å². The molecule has 0 aromatic heterocycles. The summed E-state index contributed by atoms with van der Waals surface area (Å²) in [6.45, 7) is 2.45. The largest absolute Gasteiger partial charge is 0.497 e. The first-order valence-electron chi connectivity index (χ1n) is 7.39. The second kappa shape index (κ2) is 8.19. The molecule has 0 aliphatic heterocycles. The van der Waals surface area contributed by atoms with Crippen molar-refractivity contribution in [1.29, 1.82) is 5.41 Å². The third-order valence-corrected chi connectivity index (χ3v) is 3.30. The van der Waals surface area contributed by atoms with Gasteiger partial charge in [0, 0.05) is 5.56 Å². The molecule has 2 N–H and O–H groups in total. The van der Waals surface area contributed by atoms with Gasteiger partial charge in [0.2, 0.25) is 5.90 Å². The quantitative estimate of drug-likeness (QED) is 0.607. The van der Waals surface area contributed by atoms with Gasteiger partial charge in [-0.3, -0.25) is 5.41 Å². The number of hydrogen-bond acceptors (Lipinski definition) is 5. The normalized spacial score (nSPS) is 11.6. The molecule has 5 heteroatoms. The molecule has 0 saturated carbocycles. The van der Waals surface area contributed by atoms with E-state index in [1.807, 2.05) is 30.3 Å². The molecule has 2 aromatic carbocycles. The Morgan fingerprint density at radius 2 is 1.91 bits per heavy atom. The average molecular weight is 315 g/mol. The van der Waals surface area contributed by atoms with Gasteiger partial charge >= 0.3 is 0 Å². The molecule has 0 aliphatic rings. The molecule has 0 heterocycles. The van der Waals surface area contributed by atoms with Crippen LogP contribution in [0.1, 0.15) is 24.2 Å². The second-order valence-electron chi connectivity index (χ2n) is 4.88. The highest BCUT2D eigenvalue weighted by molar-refractivity contribution is 5.80. The number of hydrogen-bond donors (Lipinski definition) is 2. The maximum absolute atomic E-state index is 10.3. The van der Waals surface area contributed by atoms with Crippen LogP contribution in [-0.4, -0.2) is 24.7 Å². The van der Waals surface area contributed by atoms with Crippen molar-refractivity contribution >= 4 is 5.90 Å². The Morgan fingerprint density at radius 1 is 1.17 bits per heavy atom. The van der Waals surface area contributed by atoms with Gasteiger partial charge in [0.25, 0.3) is 0 Å². The van der Waals surface area contributed by atoms with Crippen LogP contribution in [0.15, 0.2) is 48.5 Å². The summed E-state index contributed by atoms with van der Waals surface area (Å²) < 4.78 is 16.1. The van der Waals surface area contributed by atoms with Crippen LogP contribution in [0.3, 0.4) is 0 Å². The Bertz CT molecular complexity index is 643. The van der Waals surface area contributed by atoms with Gasteiger partial charge in [-0.15, -0.1) is 0 Å². The third-order valence-electron chi connectivity index (χ3n) is 3.30. The summed E-state index contributed by atoms with van der Waals surface area (Å²) in [4.78, 5) is 0. The van der Waals surface area contributed by atoms with Crippen molar-refractivity contribution in [2.24, 2.45) is 0 Å². The summed E-state index contributed by atoms with van der Waals surface area (Å²) >= 11 is 0. The van der Waals surface area contributed by atoms with Gasteiger partial charge in [0.1, 0.15) is 18.1 Å². The molecule has 1 atom stereocenters. The maximum atomic E-state index is 10.3. The van der Waals surface area contributed by atoms with E-state index in [0.717, 1.165) is 5.56 Å². The Kier molecular flexibility index (Phi) is 6.00. The molecule has 0 bridgehead atoms. The third kappa shape index (κ3) is 4.47. The van der Waals surface area contributed by atoms with Gasteiger partial charge < -0.3 is 19.3 Å². The SMILES string of the molecule is CCOC(=N)C(O)c1cc(OC)ccc1OCc1ccccc1. The van der Waals surface area contributed by atoms with Crippen LogP contribution >= 0.6 is 0 Å². The average Bonchev–Trinajstić information content (AvgIpc) is 2.60. The minimum atomic E-state index is -1.20. The molecule has 0 radical (unpaired) electrons. The molecular formula is C18H21NO4. The van der Waals surface area contributed by atoms with Gasteiger partial charge in [-0.05, 0) is 30.7 Å². The molecule has 0 saturated heterocycles. The molecule has 122 valence electrons. The summed E-state index contributed by atoms with van der Waals surface area (Å²) in [5, 5.41) is 18.1. The van der Waals surface area contributed by atoms with Crippen molar-refractivity contribution in [3.8, 4) is 11.5 Å². The van der Waals surface area contributed by atoms with Crippen LogP contribution in [0.5, 0.6) is 11.5 Å². The number of ether oxygens (including phenoxy) is 3. The fourth-order valence-corrected chi connectivity index (χ4v) is 2.11. The number of methoxy groups -OCH3 is 1. The van der Waals surface area contributed by atoms with E-state index < -0.39 is 6.10 Å². The summed E-state index contributed by atoms with van der Waals surface area (Å²) in [6.07, 6.45) is -1.20. The zero-order chi connectivity index (χ0) is 16.7. The van der Waals surface area contributed by atoms with E-state index in [-0.39, 0.29) is 5.90 Å². The summed E-state index contributed by atoms with van der Waals surface area (Å²) in [6, 6.07) is 14.9. The first-order valence-corrected chi connectivity index (χ1v) is 7.39. The monoisotopic (exact) mass is 315 g/mol. The van der Waals surface area contributed by atoms with Gasteiger partial charge in [0.15, 0.2) is 6.10 Å². The predicted molar refractivity (Wildman–Crippen MR) is 88.1 cm³/mol. The number of nitrogens with one attached hydrogen (secondary N) is 1. The van der Waals surface area contributed by atoms with Crippen LogP contribution < -0.4 is 9.47 Å². The van der Waals surface area contributed by atoms with Crippen molar-refractivity contribution in [2.45, 2.75) is 19.6 Å². The Balaban J connectivity index is 2.22. The molecule has 2 rings (SSSR count). The molecular weight excluding hydrogens is 294 g/mol. The minimum absolute atomic E-state index is 0.217. The second-order valence-corrected chi connectivity index (χ2v) is 4.88. The highest BCUT2D eigenvalue weighted by atomic mass is 16.5. The van der Waals surface area contributed by atoms with Gasteiger partial charge in [-0.1, -0.05) is 30.3 Å². The van der Waals surface area contributed by atoms with Crippen LogP contribution in [0, 0.1) is 5.41 Å². The molecule has 0 amide bonds. The molecule has 23 heavy (non-hydrogen) atoms. The lowest BCUT2D eigenvalue weighted by atomic mass is 10.1. The van der Waals surface area contributed by atoms with E-state index in [9.17, 15) is 5.11 Å². The summed E-state index contributed by atoms with van der Waals surface area (Å²) in [7, 11) is 1.55. The molecule has 1 unspecified atom stereocenters. The highest BCUT2D eigenvalue weighted by Crippen LogP contribution is 2.31. The van der Waals surface area contributed by atoms with E-state index in [1.165, 1.54) is 0 Å². The maximum Gasteiger partial charge on any atom is 0.215 e. The zero-order valence-corrected chi connectivity index (χ0v) is 13.3. The number of rotatable bonds is 7. The zero-order valence-electron chi connectivity index (χ0n) is 13.3. The summed E-state index contributed by atoms with van der Waals surface area (Å²) in [5.41, 5.74) is 1.46.